The van der Waals surface area contributed by atoms with Crippen molar-refractivity contribution < 1.29 is 5.11 Å². The summed E-state index contributed by atoms with van der Waals surface area (Å²) in [6, 6.07) is 10.1. The van der Waals surface area contributed by atoms with E-state index in [-0.39, 0.29) is 23.0 Å². The van der Waals surface area contributed by atoms with Gasteiger partial charge in [-0.3, -0.25) is 9.36 Å². The Balaban J connectivity index is 0.000000912. The number of aromatic nitrogens is 1. The van der Waals surface area contributed by atoms with E-state index in [1.54, 1.807) is 6.92 Å². The second-order valence-electron chi connectivity index (χ2n) is 13.2. The van der Waals surface area contributed by atoms with Crippen LogP contribution < -0.4 is 5.56 Å². The summed E-state index contributed by atoms with van der Waals surface area (Å²) in [6.45, 7) is 8.51. The van der Waals surface area contributed by atoms with E-state index in [1.165, 1.54) is 87.2 Å². The zero-order valence-electron chi connectivity index (χ0n) is 33.4. The van der Waals surface area contributed by atoms with Gasteiger partial charge in [0.25, 0.3) is 5.56 Å². The first-order chi connectivity index (χ1) is 26.9. The second-order valence-corrected chi connectivity index (χ2v) is 13.2. The minimum atomic E-state index is -0.402. The number of unbranched alkanes of at least 4 members (excludes halogenated alkanes) is 12. The van der Waals surface area contributed by atoms with Crippen LogP contribution >= 0.6 is 0 Å². The van der Waals surface area contributed by atoms with Crippen LogP contribution in [0.5, 0.6) is 5.88 Å². The molecule has 284 valence electrons. The quantitative estimate of drug-likeness (QED) is 0.0787. The van der Waals surface area contributed by atoms with Crippen molar-refractivity contribution in [2.45, 2.75) is 143 Å². The van der Waals surface area contributed by atoms with Crippen LogP contribution in [0.4, 0.5) is 11.4 Å². The van der Waals surface area contributed by atoms with Crippen LogP contribution in [0.15, 0.2) is 39.3 Å². The number of azo groups is 1. The molecule has 55 heavy (non-hydrogen) atoms. The van der Waals surface area contributed by atoms with Crippen LogP contribution in [0.25, 0.3) is 0 Å². The van der Waals surface area contributed by atoms with Crippen molar-refractivity contribution >= 4 is 11.4 Å². The number of benzene rings is 1. The highest BCUT2D eigenvalue weighted by Crippen LogP contribution is 2.28. The molecular weight excluding hydrogens is 677 g/mol. The number of rotatable bonds is 21. The number of aromatic hydroxyl groups is 1. The van der Waals surface area contributed by atoms with Crippen molar-refractivity contribution in [3.63, 3.8) is 0 Å². The van der Waals surface area contributed by atoms with E-state index in [0.717, 1.165) is 32.1 Å². The molecule has 1 unspecified atom stereocenters. The van der Waals surface area contributed by atoms with Crippen LogP contribution in [-0.2, 0) is 13.0 Å². The topological polar surface area (TPSA) is 90.7 Å². The molecule has 0 aliphatic rings. The van der Waals surface area contributed by atoms with Gasteiger partial charge in [0.15, 0.2) is 5.69 Å². The van der Waals surface area contributed by atoms with Gasteiger partial charge in [0.2, 0.25) is 5.88 Å². The summed E-state index contributed by atoms with van der Waals surface area (Å²) in [7, 11) is 0. The summed E-state index contributed by atoms with van der Waals surface area (Å²) in [5.74, 6) is 28.3. The Hall–Kier alpha value is -6.02. The molecule has 1 aromatic carbocycles. The van der Waals surface area contributed by atoms with Crippen molar-refractivity contribution in [1.29, 1.82) is 5.26 Å². The van der Waals surface area contributed by atoms with Gasteiger partial charge in [-0.25, -0.2) is 0 Å². The van der Waals surface area contributed by atoms with Gasteiger partial charge in [0.1, 0.15) is 11.6 Å². The predicted octanol–water partition coefficient (Wildman–Crippen LogP) is 10.9. The molecule has 0 amide bonds. The van der Waals surface area contributed by atoms with E-state index in [9.17, 15) is 15.2 Å². The summed E-state index contributed by atoms with van der Waals surface area (Å²) in [4.78, 5) is 13.3. The highest BCUT2D eigenvalue weighted by Gasteiger charge is 2.21. The predicted molar refractivity (Wildman–Crippen MR) is 227 cm³/mol. The van der Waals surface area contributed by atoms with Gasteiger partial charge in [-0.1, -0.05) is 123 Å². The first-order valence-electron chi connectivity index (χ1n) is 19.7. The summed E-state index contributed by atoms with van der Waals surface area (Å²) in [5.41, 5.74) is 2.10. The minimum Gasteiger partial charge on any atom is -0.493 e. The summed E-state index contributed by atoms with van der Waals surface area (Å²) >= 11 is 0. The first-order valence-corrected chi connectivity index (χ1v) is 19.7. The number of hydrogen-bond donors (Lipinski definition) is 1. The number of terminal acetylenes is 2. The summed E-state index contributed by atoms with van der Waals surface area (Å²) in [5, 5.41) is 29.0. The molecule has 1 aromatic heterocycles. The van der Waals surface area contributed by atoms with Crippen molar-refractivity contribution in [1.82, 2.24) is 4.57 Å². The average molecular weight is 733 g/mol. The molecule has 1 heterocycles. The maximum atomic E-state index is 13.3. The lowest BCUT2D eigenvalue weighted by Gasteiger charge is -2.19. The normalized spacial score (nSPS) is 9.98. The standard InChI is InChI=1S/C35H54N4O2.C14H2/c1-5-8-10-11-12-13-14-15-16-17-18-19-21-30-22-24-31(25-23-30)37-38-33-28(4)32(26-36)34(40)39(35(33)41)27-29(7-3)20-9-6-2;1-3-5-7-9-11-13-14-12-10-8-6-4-2/h22-25,29,40H,5-21,27H2,1-4H3;1-2H. The monoisotopic (exact) mass is 732 g/mol. The molecular formula is C49H56N4O2. The Morgan fingerprint density at radius 3 is 1.62 bits per heavy atom. The van der Waals surface area contributed by atoms with E-state index in [4.69, 9.17) is 12.8 Å². The maximum absolute atomic E-state index is 13.3. The molecule has 0 spiro atoms. The smallest absolute Gasteiger partial charge is 0.281 e. The number of nitrogens with zero attached hydrogens (tertiary/aromatic N) is 4. The minimum absolute atomic E-state index is 0.0849. The van der Waals surface area contributed by atoms with E-state index >= 15 is 0 Å². The Bertz CT molecular complexity index is 1950. The highest BCUT2D eigenvalue weighted by molar-refractivity contribution is 5.57. The van der Waals surface area contributed by atoms with Gasteiger partial charge in [-0.05, 0) is 121 Å². The van der Waals surface area contributed by atoms with Crippen molar-refractivity contribution in [3.8, 4) is 95.8 Å². The van der Waals surface area contributed by atoms with E-state index in [2.05, 4.69) is 114 Å². The van der Waals surface area contributed by atoms with Gasteiger partial charge in [0.05, 0.1) is 5.69 Å². The summed E-state index contributed by atoms with van der Waals surface area (Å²) in [6.07, 6.45) is 31.0. The van der Waals surface area contributed by atoms with Gasteiger partial charge < -0.3 is 5.11 Å². The van der Waals surface area contributed by atoms with Crippen LogP contribution in [0.3, 0.4) is 0 Å². The highest BCUT2D eigenvalue weighted by atomic mass is 16.3. The zero-order chi connectivity index (χ0) is 40.4. The van der Waals surface area contributed by atoms with Crippen LogP contribution in [-0.4, -0.2) is 9.67 Å². The molecule has 0 saturated carbocycles. The average Bonchev–Trinajstić information content (AvgIpc) is 3.19. The van der Waals surface area contributed by atoms with Crippen molar-refractivity contribution in [3.05, 3.63) is 51.3 Å². The Morgan fingerprint density at radius 1 is 0.691 bits per heavy atom. The van der Waals surface area contributed by atoms with Gasteiger partial charge in [0, 0.05) is 12.1 Å². The third-order valence-electron chi connectivity index (χ3n) is 8.98. The second kappa shape index (κ2) is 31.5. The maximum Gasteiger partial charge on any atom is 0.281 e. The lowest BCUT2D eigenvalue weighted by Crippen LogP contribution is -2.25. The van der Waals surface area contributed by atoms with Crippen LogP contribution in [0, 0.1) is 108 Å². The molecule has 6 heteroatoms. The van der Waals surface area contributed by atoms with E-state index < -0.39 is 5.56 Å². The lowest BCUT2D eigenvalue weighted by atomic mass is 9.99. The molecule has 0 saturated heterocycles. The molecule has 0 radical (unpaired) electrons. The number of nitriles is 1. The molecule has 0 fully saturated rings. The number of aryl methyl sites for hydroxylation is 1. The fraction of sp³-hybridized carbons (Fsp3) is 0.469. The summed E-state index contributed by atoms with van der Waals surface area (Å²) < 4.78 is 1.31. The van der Waals surface area contributed by atoms with Crippen molar-refractivity contribution in [2.75, 3.05) is 0 Å². The third kappa shape index (κ3) is 20.7. The van der Waals surface area contributed by atoms with Crippen LogP contribution in [0.1, 0.15) is 140 Å². The fourth-order valence-corrected chi connectivity index (χ4v) is 5.73. The molecule has 0 aliphatic carbocycles. The van der Waals surface area contributed by atoms with E-state index in [1.807, 2.05) is 18.2 Å². The molecule has 1 atom stereocenters. The molecule has 2 rings (SSSR count). The van der Waals surface area contributed by atoms with Crippen LogP contribution in [0.2, 0.25) is 0 Å². The molecule has 0 aliphatic heterocycles. The Labute approximate surface area is 332 Å². The fourth-order valence-electron chi connectivity index (χ4n) is 5.73. The van der Waals surface area contributed by atoms with Crippen molar-refractivity contribution in [2.24, 2.45) is 16.1 Å². The number of pyridine rings is 1. The number of hydrogen-bond acceptors (Lipinski definition) is 5. The lowest BCUT2D eigenvalue weighted by molar-refractivity contribution is 0.339. The van der Waals surface area contributed by atoms with Gasteiger partial charge >= 0.3 is 0 Å². The SMILES string of the molecule is C#CC#CC#CC#CC#CC#CC#C.CCCCCCCCCCCCCCc1ccc(N=Nc2c(C)c(C#N)c(O)n(CC(CC)CCCC)c2=O)cc1. The van der Waals surface area contributed by atoms with Gasteiger partial charge in [-0.15, -0.1) is 18.0 Å². The Morgan fingerprint density at radius 2 is 1.16 bits per heavy atom. The molecule has 1 N–H and O–H groups in total. The Kier molecular flexibility index (Phi) is 26.9. The molecule has 2 aromatic rings. The largest absolute Gasteiger partial charge is 0.493 e. The zero-order valence-corrected chi connectivity index (χ0v) is 33.4. The first kappa shape index (κ1) is 47.0. The third-order valence-corrected chi connectivity index (χ3v) is 8.98. The van der Waals surface area contributed by atoms with E-state index in [0.29, 0.717) is 17.8 Å². The molecule has 0 bridgehead atoms. The van der Waals surface area contributed by atoms with Gasteiger partial charge in [-0.2, -0.15) is 10.4 Å². The molecule has 6 nitrogen and oxygen atoms in total.